The highest BCUT2D eigenvalue weighted by Crippen LogP contribution is 2.31. The van der Waals surface area contributed by atoms with E-state index < -0.39 is 11.9 Å². The Bertz CT molecular complexity index is 1370. The smallest absolute Gasteiger partial charge is 0.344 e. The van der Waals surface area contributed by atoms with Gasteiger partial charge in [0.2, 0.25) is 0 Å². The van der Waals surface area contributed by atoms with E-state index in [4.69, 9.17) is 13.9 Å². The molecular formula is C25H23N3O6. The van der Waals surface area contributed by atoms with Crippen LogP contribution in [0.4, 0.5) is 0 Å². The molecule has 4 aromatic rings. The molecule has 0 saturated heterocycles. The summed E-state index contributed by atoms with van der Waals surface area (Å²) in [4.78, 5) is 29.3. The van der Waals surface area contributed by atoms with Crippen LogP contribution >= 0.6 is 0 Å². The van der Waals surface area contributed by atoms with E-state index in [1.807, 2.05) is 13.8 Å². The second-order valence-corrected chi connectivity index (χ2v) is 7.61. The van der Waals surface area contributed by atoms with Gasteiger partial charge in [0.15, 0.2) is 22.9 Å². The molecule has 0 amide bonds. The van der Waals surface area contributed by atoms with Gasteiger partial charge in [-0.2, -0.15) is 5.10 Å². The molecule has 0 fully saturated rings. The summed E-state index contributed by atoms with van der Waals surface area (Å²) in [5, 5.41) is 4.96. The number of esters is 2. The zero-order valence-electron chi connectivity index (χ0n) is 19.1. The van der Waals surface area contributed by atoms with E-state index in [-0.39, 0.29) is 11.8 Å². The summed E-state index contributed by atoms with van der Waals surface area (Å²) in [6.45, 7) is 3.96. The first-order chi connectivity index (χ1) is 16.4. The highest BCUT2D eigenvalue weighted by Gasteiger charge is 2.22. The molecule has 0 radical (unpaired) electrons. The second kappa shape index (κ2) is 9.62. The van der Waals surface area contributed by atoms with Gasteiger partial charge in [-0.15, -0.1) is 0 Å². The van der Waals surface area contributed by atoms with Crippen molar-refractivity contribution in [3.05, 3.63) is 66.1 Å². The van der Waals surface area contributed by atoms with E-state index in [2.05, 4.69) is 14.8 Å². The lowest BCUT2D eigenvalue weighted by atomic mass is 10.1. The number of benzene rings is 1. The lowest BCUT2D eigenvalue weighted by Gasteiger charge is -2.12. The number of carbonyl (C=O) groups is 2. The molecule has 0 aliphatic rings. The third kappa shape index (κ3) is 4.54. The number of aromatic nitrogens is 3. The molecule has 174 valence electrons. The summed E-state index contributed by atoms with van der Waals surface area (Å²) in [7, 11) is 2.76. The van der Waals surface area contributed by atoms with E-state index >= 15 is 0 Å². The van der Waals surface area contributed by atoms with E-state index in [0.29, 0.717) is 39.4 Å². The number of methoxy groups -OCH3 is 2. The monoisotopic (exact) mass is 461 g/mol. The Morgan fingerprint density at radius 1 is 1.12 bits per heavy atom. The maximum atomic E-state index is 13.3. The van der Waals surface area contributed by atoms with Crippen molar-refractivity contribution in [2.75, 3.05) is 14.2 Å². The SMILES string of the molecule is COC(=O)/C=C/c1ccc(OC(=O)c2cc(-c3ccco3)nc3c2cnn3C(C)C)c(OC)c1. The first-order valence-corrected chi connectivity index (χ1v) is 10.5. The van der Waals surface area contributed by atoms with Crippen LogP contribution in [0.1, 0.15) is 35.8 Å². The number of hydrogen-bond acceptors (Lipinski definition) is 8. The number of hydrogen-bond donors (Lipinski definition) is 0. The largest absolute Gasteiger partial charge is 0.493 e. The third-order valence-electron chi connectivity index (χ3n) is 5.05. The quantitative estimate of drug-likeness (QED) is 0.222. The number of ether oxygens (including phenoxy) is 3. The predicted octanol–water partition coefficient (Wildman–Crippen LogP) is 4.69. The number of nitrogens with zero attached hydrogens (tertiary/aromatic N) is 3. The summed E-state index contributed by atoms with van der Waals surface area (Å²) in [6, 6.07) is 10.1. The molecule has 0 unspecified atom stereocenters. The van der Waals surface area contributed by atoms with Crippen LogP contribution < -0.4 is 9.47 Å². The molecule has 0 aliphatic heterocycles. The topological polar surface area (TPSA) is 106 Å². The van der Waals surface area contributed by atoms with Crippen LogP contribution in [0.5, 0.6) is 11.5 Å². The standard InChI is InChI=1S/C25H23N3O6/c1-15(2)28-24-18(14-26-28)17(13-19(27-24)20-6-5-11-33-20)25(30)34-21-9-7-16(12-22(21)31-3)8-10-23(29)32-4/h5-15H,1-4H3/b10-8+. The van der Waals surface area contributed by atoms with Crippen molar-refractivity contribution < 1.29 is 28.2 Å². The fourth-order valence-electron chi connectivity index (χ4n) is 3.37. The van der Waals surface area contributed by atoms with Crippen LogP contribution in [0.15, 0.2) is 59.4 Å². The molecule has 9 heteroatoms. The molecule has 3 aromatic heterocycles. The van der Waals surface area contributed by atoms with E-state index in [1.165, 1.54) is 20.3 Å². The molecule has 9 nitrogen and oxygen atoms in total. The van der Waals surface area contributed by atoms with Crippen molar-refractivity contribution in [1.29, 1.82) is 0 Å². The minimum atomic E-state index is -0.598. The molecule has 3 heterocycles. The average molecular weight is 461 g/mol. The molecule has 0 aliphatic carbocycles. The van der Waals surface area contributed by atoms with E-state index in [0.717, 1.165) is 0 Å². The van der Waals surface area contributed by atoms with Crippen LogP contribution in [0.2, 0.25) is 0 Å². The maximum absolute atomic E-state index is 13.3. The van der Waals surface area contributed by atoms with Crippen molar-refractivity contribution >= 4 is 29.0 Å². The zero-order valence-corrected chi connectivity index (χ0v) is 19.1. The first kappa shape index (κ1) is 22.8. The van der Waals surface area contributed by atoms with Crippen molar-refractivity contribution in [3.8, 4) is 23.0 Å². The number of furan rings is 1. The number of rotatable bonds is 7. The van der Waals surface area contributed by atoms with Gasteiger partial charge < -0.3 is 18.6 Å². The van der Waals surface area contributed by atoms with E-state index in [9.17, 15) is 9.59 Å². The summed E-state index contributed by atoms with van der Waals surface area (Å²) in [6.07, 6.45) is 6.00. The van der Waals surface area contributed by atoms with E-state index in [1.54, 1.807) is 59.6 Å². The normalized spacial score (nSPS) is 11.3. The van der Waals surface area contributed by atoms with Gasteiger partial charge in [0.1, 0.15) is 5.69 Å². The van der Waals surface area contributed by atoms with Gasteiger partial charge in [0, 0.05) is 12.1 Å². The zero-order chi connectivity index (χ0) is 24.2. The van der Waals surface area contributed by atoms with Crippen molar-refractivity contribution in [3.63, 3.8) is 0 Å². The van der Waals surface area contributed by atoms with Gasteiger partial charge in [0.05, 0.1) is 37.6 Å². The summed E-state index contributed by atoms with van der Waals surface area (Å²) < 4.78 is 22.9. The van der Waals surface area contributed by atoms with Gasteiger partial charge in [-0.05, 0) is 55.8 Å². The first-order valence-electron chi connectivity index (χ1n) is 10.5. The fourth-order valence-corrected chi connectivity index (χ4v) is 3.37. The molecule has 34 heavy (non-hydrogen) atoms. The van der Waals surface area contributed by atoms with Crippen LogP contribution in [-0.4, -0.2) is 40.9 Å². The van der Waals surface area contributed by atoms with Gasteiger partial charge >= 0.3 is 11.9 Å². The number of pyridine rings is 1. The van der Waals surface area contributed by atoms with Gasteiger partial charge in [0.25, 0.3) is 0 Å². The van der Waals surface area contributed by atoms with Gasteiger partial charge in [-0.1, -0.05) is 6.07 Å². The summed E-state index contributed by atoms with van der Waals surface area (Å²) in [5.74, 6) is -0.00444. The molecule has 0 bridgehead atoms. The third-order valence-corrected chi connectivity index (χ3v) is 5.05. The van der Waals surface area contributed by atoms with Crippen molar-refractivity contribution in [1.82, 2.24) is 14.8 Å². The Kier molecular flexibility index (Phi) is 6.44. The number of carbonyl (C=O) groups excluding carboxylic acids is 2. The molecule has 0 N–H and O–H groups in total. The van der Waals surface area contributed by atoms with Crippen LogP contribution in [0.25, 0.3) is 28.6 Å². The molecule has 4 rings (SSSR count). The molecule has 0 spiro atoms. The van der Waals surface area contributed by atoms with Crippen molar-refractivity contribution in [2.45, 2.75) is 19.9 Å². The maximum Gasteiger partial charge on any atom is 0.344 e. The Morgan fingerprint density at radius 3 is 2.62 bits per heavy atom. The lowest BCUT2D eigenvalue weighted by Crippen LogP contribution is -2.11. The van der Waals surface area contributed by atoms with Crippen LogP contribution in [0, 0.1) is 0 Å². The Morgan fingerprint density at radius 2 is 1.94 bits per heavy atom. The van der Waals surface area contributed by atoms with Crippen molar-refractivity contribution in [2.24, 2.45) is 0 Å². The van der Waals surface area contributed by atoms with Crippen LogP contribution in [-0.2, 0) is 9.53 Å². The Labute approximate surface area is 195 Å². The minimum absolute atomic E-state index is 0.0337. The minimum Gasteiger partial charge on any atom is -0.493 e. The molecular weight excluding hydrogens is 438 g/mol. The Hall–Kier alpha value is -4.40. The van der Waals surface area contributed by atoms with Gasteiger partial charge in [-0.3, -0.25) is 0 Å². The molecule has 0 saturated carbocycles. The molecule has 1 aromatic carbocycles. The number of fused-ring (bicyclic) bond motifs is 1. The van der Waals surface area contributed by atoms with Crippen LogP contribution in [0.3, 0.4) is 0 Å². The highest BCUT2D eigenvalue weighted by molar-refractivity contribution is 6.04. The predicted molar refractivity (Wildman–Crippen MR) is 125 cm³/mol. The summed E-state index contributed by atoms with van der Waals surface area (Å²) >= 11 is 0. The molecule has 0 atom stereocenters. The highest BCUT2D eigenvalue weighted by atomic mass is 16.6. The summed E-state index contributed by atoms with van der Waals surface area (Å²) in [5.41, 5.74) is 2.00. The fraction of sp³-hybridized carbons (Fsp3) is 0.200. The lowest BCUT2D eigenvalue weighted by molar-refractivity contribution is -0.134. The van der Waals surface area contributed by atoms with Gasteiger partial charge in [-0.25, -0.2) is 19.3 Å². The average Bonchev–Trinajstić information content (AvgIpc) is 3.52. The Balaban J connectivity index is 1.72. The second-order valence-electron chi connectivity index (χ2n) is 7.61.